The van der Waals surface area contributed by atoms with Crippen molar-refractivity contribution in [2.45, 2.75) is 18.7 Å². The van der Waals surface area contributed by atoms with Gasteiger partial charge in [0.05, 0.1) is 18.5 Å². The molecule has 0 saturated heterocycles. The van der Waals surface area contributed by atoms with E-state index in [2.05, 4.69) is 6.92 Å². The van der Waals surface area contributed by atoms with E-state index >= 15 is 0 Å². The Labute approximate surface area is 118 Å². The van der Waals surface area contributed by atoms with Crippen LogP contribution in [0, 0.1) is 0 Å². The Bertz CT molecular complexity index is 394. The van der Waals surface area contributed by atoms with E-state index in [1.807, 2.05) is 24.3 Å². The number of hydrogen-bond donors (Lipinski definition) is 1. The Morgan fingerprint density at radius 1 is 1.42 bits per heavy atom. The molecular formula is C14H20ClNO3. The van der Waals surface area contributed by atoms with Crippen molar-refractivity contribution in [3.63, 3.8) is 0 Å². The SMILES string of the molecule is CCCOc1ccc(C(Cl)CN(C)CC(=O)O)cc1. The number of aliphatic carboxylic acids is 1. The highest BCUT2D eigenvalue weighted by Gasteiger charge is 2.13. The molecule has 0 aliphatic rings. The quantitative estimate of drug-likeness (QED) is 0.746. The predicted molar refractivity (Wildman–Crippen MR) is 76.0 cm³/mol. The molecule has 0 fully saturated rings. The van der Waals surface area contributed by atoms with Gasteiger partial charge in [0.1, 0.15) is 5.75 Å². The molecule has 4 nitrogen and oxygen atoms in total. The van der Waals surface area contributed by atoms with Crippen LogP contribution in [0.15, 0.2) is 24.3 Å². The van der Waals surface area contributed by atoms with Crippen molar-refractivity contribution >= 4 is 17.6 Å². The predicted octanol–water partition coefficient (Wildman–Crippen LogP) is 2.77. The molecule has 1 rings (SSSR count). The van der Waals surface area contributed by atoms with Gasteiger partial charge in [-0.05, 0) is 31.2 Å². The second-order valence-corrected chi connectivity index (χ2v) is 5.00. The standard InChI is InChI=1S/C14H20ClNO3/c1-3-8-19-12-6-4-11(5-7-12)13(15)9-16(2)10-14(17)18/h4-7,13H,3,8-10H2,1-2H3,(H,17,18). The summed E-state index contributed by atoms with van der Waals surface area (Å²) in [6.45, 7) is 3.23. The molecule has 1 aromatic carbocycles. The van der Waals surface area contributed by atoms with Crippen LogP contribution >= 0.6 is 11.6 Å². The summed E-state index contributed by atoms with van der Waals surface area (Å²) in [7, 11) is 1.74. The third-order valence-electron chi connectivity index (χ3n) is 2.59. The monoisotopic (exact) mass is 285 g/mol. The smallest absolute Gasteiger partial charge is 0.317 e. The lowest BCUT2D eigenvalue weighted by Gasteiger charge is -2.18. The average Bonchev–Trinajstić information content (AvgIpc) is 2.35. The topological polar surface area (TPSA) is 49.8 Å². The zero-order valence-corrected chi connectivity index (χ0v) is 12.1. The third-order valence-corrected chi connectivity index (χ3v) is 2.98. The number of likely N-dealkylation sites (N-methyl/N-ethyl adjacent to an activating group) is 1. The van der Waals surface area contributed by atoms with E-state index in [4.69, 9.17) is 21.4 Å². The zero-order valence-electron chi connectivity index (χ0n) is 11.3. The number of carbonyl (C=O) groups is 1. The maximum Gasteiger partial charge on any atom is 0.317 e. The van der Waals surface area contributed by atoms with Crippen LogP contribution in [0.5, 0.6) is 5.75 Å². The molecule has 0 bridgehead atoms. The maximum atomic E-state index is 10.6. The van der Waals surface area contributed by atoms with E-state index in [1.54, 1.807) is 11.9 Å². The molecule has 5 heteroatoms. The molecule has 1 N–H and O–H groups in total. The van der Waals surface area contributed by atoms with Crippen LogP contribution in [0.2, 0.25) is 0 Å². The van der Waals surface area contributed by atoms with Gasteiger partial charge < -0.3 is 9.84 Å². The first-order chi connectivity index (χ1) is 9.02. The second-order valence-electron chi connectivity index (χ2n) is 4.48. The third kappa shape index (κ3) is 5.94. The van der Waals surface area contributed by atoms with Crippen LogP contribution in [0.3, 0.4) is 0 Å². The van der Waals surface area contributed by atoms with Gasteiger partial charge in [0.25, 0.3) is 0 Å². The minimum absolute atomic E-state index is 0.0130. The molecule has 0 heterocycles. The maximum absolute atomic E-state index is 10.6. The van der Waals surface area contributed by atoms with E-state index < -0.39 is 5.97 Å². The van der Waals surface area contributed by atoms with Crippen LogP contribution in [-0.2, 0) is 4.79 Å². The Morgan fingerprint density at radius 3 is 2.58 bits per heavy atom. The number of rotatable bonds is 8. The molecule has 0 aliphatic carbocycles. The first kappa shape index (κ1) is 15.8. The lowest BCUT2D eigenvalue weighted by molar-refractivity contribution is -0.137. The second kappa shape index (κ2) is 8.02. The minimum atomic E-state index is -0.852. The molecular weight excluding hydrogens is 266 g/mol. The fourth-order valence-electron chi connectivity index (χ4n) is 1.67. The molecule has 19 heavy (non-hydrogen) atoms. The number of ether oxygens (including phenoxy) is 1. The summed E-state index contributed by atoms with van der Waals surface area (Å²) >= 11 is 6.27. The van der Waals surface area contributed by atoms with Crippen molar-refractivity contribution in [1.29, 1.82) is 0 Å². The molecule has 0 spiro atoms. The van der Waals surface area contributed by atoms with Crippen molar-refractivity contribution in [1.82, 2.24) is 4.90 Å². The van der Waals surface area contributed by atoms with Gasteiger partial charge >= 0.3 is 5.97 Å². The number of halogens is 1. The molecule has 0 saturated carbocycles. The molecule has 0 aliphatic heterocycles. The Hall–Kier alpha value is -1.26. The van der Waals surface area contributed by atoms with E-state index in [0.29, 0.717) is 13.2 Å². The molecule has 0 radical (unpaired) electrons. The largest absolute Gasteiger partial charge is 0.494 e. The Morgan fingerprint density at radius 2 is 2.05 bits per heavy atom. The minimum Gasteiger partial charge on any atom is -0.494 e. The number of nitrogens with zero attached hydrogens (tertiary/aromatic N) is 1. The summed E-state index contributed by atoms with van der Waals surface area (Å²) in [5, 5.41) is 8.45. The summed E-state index contributed by atoms with van der Waals surface area (Å²) in [5.41, 5.74) is 0.961. The highest BCUT2D eigenvalue weighted by Crippen LogP contribution is 2.23. The van der Waals surface area contributed by atoms with E-state index in [1.165, 1.54) is 0 Å². The average molecular weight is 286 g/mol. The molecule has 106 valence electrons. The summed E-state index contributed by atoms with van der Waals surface area (Å²) in [6.07, 6.45) is 0.972. The fraction of sp³-hybridized carbons (Fsp3) is 0.500. The lowest BCUT2D eigenvalue weighted by atomic mass is 10.1. The van der Waals surface area contributed by atoms with Crippen molar-refractivity contribution in [3.8, 4) is 5.75 Å². The molecule has 1 atom stereocenters. The van der Waals surface area contributed by atoms with Gasteiger partial charge in [0.15, 0.2) is 0 Å². The molecule has 0 aromatic heterocycles. The van der Waals surface area contributed by atoms with Crippen LogP contribution in [0.4, 0.5) is 0 Å². The molecule has 1 aromatic rings. The van der Waals surface area contributed by atoms with Crippen LogP contribution < -0.4 is 4.74 Å². The number of hydrogen-bond acceptors (Lipinski definition) is 3. The first-order valence-electron chi connectivity index (χ1n) is 6.30. The van der Waals surface area contributed by atoms with Gasteiger partial charge in [-0.2, -0.15) is 0 Å². The van der Waals surface area contributed by atoms with Crippen molar-refractivity contribution in [3.05, 3.63) is 29.8 Å². The summed E-state index contributed by atoms with van der Waals surface area (Å²) < 4.78 is 5.49. The number of carboxylic acids is 1. The normalized spacial score (nSPS) is 12.4. The van der Waals surface area contributed by atoms with Crippen LogP contribution in [-0.4, -0.2) is 42.7 Å². The van der Waals surface area contributed by atoms with E-state index in [0.717, 1.165) is 17.7 Å². The van der Waals surface area contributed by atoms with Gasteiger partial charge in [0.2, 0.25) is 0 Å². The van der Waals surface area contributed by atoms with E-state index in [9.17, 15) is 4.79 Å². The highest BCUT2D eigenvalue weighted by molar-refractivity contribution is 6.21. The summed E-state index contributed by atoms with van der Waals surface area (Å²) in [5.74, 6) is -0.0250. The number of carboxylic acid groups (broad SMARTS) is 1. The van der Waals surface area contributed by atoms with Crippen LogP contribution in [0.1, 0.15) is 24.3 Å². The van der Waals surface area contributed by atoms with Gasteiger partial charge in [-0.1, -0.05) is 19.1 Å². The fourth-order valence-corrected chi connectivity index (χ4v) is 2.05. The Balaban J connectivity index is 2.52. The molecule has 1 unspecified atom stereocenters. The summed E-state index contributed by atoms with van der Waals surface area (Å²) in [4.78, 5) is 12.3. The van der Waals surface area contributed by atoms with Crippen LogP contribution in [0.25, 0.3) is 0 Å². The lowest BCUT2D eigenvalue weighted by Crippen LogP contribution is -2.28. The van der Waals surface area contributed by atoms with Crippen molar-refractivity contribution in [2.24, 2.45) is 0 Å². The van der Waals surface area contributed by atoms with Crippen molar-refractivity contribution in [2.75, 3.05) is 26.7 Å². The number of alkyl halides is 1. The Kier molecular flexibility index (Phi) is 6.67. The highest BCUT2D eigenvalue weighted by atomic mass is 35.5. The zero-order chi connectivity index (χ0) is 14.3. The molecule has 0 amide bonds. The summed E-state index contributed by atoms with van der Waals surface area (Å²) in [6, 6.07) is 7.60. The number of benzene rings is 1. The van der Waals surface area contributed by atoms with Gasteiger partial charge in [0, 0.05) is 6.54 Å². The van der Waals surface area contributed by atoms with Gasteiger partial charge in [-0.3, -0.25) is 9.69 Å². The van der Waals surface area contributed by atoms with Gasteiger partial charge in [-0.15, -0.1) is 11.6 Å². The van der Waals surface area contributed by atoms with E-state index in [-0.39, 0.29) is 11.9 Å². The van der Waals surface area contributed by atoms with Gasteiger partial charge in [-0.25, -0.2) is 0 Å². The first-order valence-corrected chi connectivity index (χ1v) is 6.73. The van der Waals surface area contributed by atoms with Crippen molar-refractivity contribution < 1.29 is 14.6 Å².